The van der Waals surface area contributed by atoms with Gasteiger partial charge in [0.2, 0.25) is 5.75 Å². The molecule has 1 N–H and O–H groups in total. The molecular formula is C16H8BrN3O6S2. The van der Waals surface area contributed by atoms with Crippen LogP contribution in [0.3, 0.4) is 0 Å². The Kier molecular flexibility index (Phi) is 5.72. The summed E-state index contributed by atoms with van der Waals surface area (Å²) in [6, 6.07) is 7.99. The number of halogens is 1. The monoisotopic (exact) mass is 481 g/mol. The maximum Gasteiger partial charge on any atom is 0.318 e. The zero-order chi connectivity index (χ0) is 20.4. The van der Waals surface area contributed by atoms with Crippen molar-refractivity contribution >= 4 is 67.6 Å². The average Bonchev–Trinajstić information content (AvgIpc) is 2.94. The molecule has 0 spiro atoms. The highest BCUT2D eigenvalue weighted by atomic mass is 79.9. The van der Waals surface area contributed by atoms with E-state index in [1.165, 1.54) is 6.07 Å². The van der Waals surface area contributed by atoms with E-state index >= 15 is 0 Å². The van der Waals surface area contributed by atoms with Crippen molar-refractivity contribution in [1.82, 2.24) is 5.32 Å². The molecular weight excluding hydrogens is 474 g/mol. The molecule has 12 heteroatoms. The van der Waals surface area contributed by atoms with E-state index in [1.807, 2.05) is 0 Å². The van der Waals surface area contributed by atoms with Gasteiger partial charge in [-0.25, -0.2) is 0 Å². The highest BCUT2D eigenvalue weighted by Crippen LogP contribution is 2.38. The highest BCUT2D eigenvalue weighted by molar-refractivity contribution is 9.10. The normalized spacial score (nSPS) is 14.8. The molecule has 1 aliphatic rings. The van der Waals surface area contributed by atoms with Gasteiger partial charge in [0.05, 0.1) is 25.3 Å². The van der Waals surface area contributed by atoms with E-state index in [0.717, 1.165) is 23.9 Å². The number of amides is 1. The van der Waals surface area contributed by atoms with Gasteiger partial charge in [0, 0.05) is 6.07 Å². The van der Waals surface area contributed by atoms with Gasteiger partial charge in [-0.05, 0) is 45.8 Å². The summed E-state index contributed by atoms with van der Waals surface area (Å²) in [5.74, 6) is -0.162. The predicted molar refractivity (Wildman–Crippen MR) is 110 cm³/mol. The van der Waals surface area contributed by atoms with Crippen LogP contribution in [0.25, 0.3) is 6.08 Å². The Balaban J connectivity index is 1.89. The molecule has 1 saturated heterocycles. The Bertz CT molecular complexity index is 1070. The van der Waals surface area contributed by atoms with Crippen LogP contribution in [0.1, 0.15) is 5.56 Å². The molecule has 0 radical (unpaired) electrons. The summed E-state index contributed by atoms with van der Waals surface area (Å²) in [6.07, 6.45) is 1.64. The largest absolute Gasteiger partial charge is 0.449 e. The Morgan fingerprint density at radius 2 is 1.82 bits per heavy atom. The number of carbonyl (C=O) groups excluding carboxylic acids is 1. The van der Waals surface area contributed by atoms with Crippen molar-refractivity contribution in [1.29, 1.82) is 0 Å². The van der Waals surface area contributed by atoms with Crippen LogP contribution in [0.5, 0.6) is 11.5 Å². The van der Waals surface area contributed by atoms with Gasteiger partial charge in [0.25, 0.3) is 11.6 Å². The molecule has 1 heterocycles. The van der Waals surface area contributed by atoms with E-state index in [4.69, 9.17) is 17.0 Å². The van der Waals surface area contributed by atoms with Crippen LogP contribution < -0.4 is 10.1 Å². The summed E-state index contributed by atoms with van der Waals surface area (Å²) < 4.78 is 6.41. The highest BCUT2D eigenvalue weighted by Gasteiger charge is 2.23. The first-order valence-electron chi connectivity index (χ1n) is 7.39. The third-order valence-electron chi connectivity index (χ3n) is 3.47. The van der Waals surface area contributed by atoms with Gasteiger partial charge in [0.15, 0.2) is 0 Å². The fourth-order valence-corrected chi connectivity index (χ4v) is 3.75. The van der Waals surface area contributed by atoms with E-state index in [0.29, 0.717) is 19.3 Å². The summed E-state index contributed by atoms with van der Waals surface area (Å²) in [5.41, 5.74) is -0.259. The molecule has 28 heavy (non-hydrogen) atoms. The number of ether oxygens (including phenoxy) is 1. The van der Waals surface area contributed by atoms with E-state index in [2.05, 4.69) is 21.2 Å². The van der Waals surface area contributed by atoms with Crippen LogP contribution in [-0.4, -0.2) is 20.1 Å². The molecule has 1 aliphatic heterocycles. The Labute approximate surface area is 175 Å². The molecule has 142 valence electrons. The molecule has 0 bridgehead atoms. The second-order valence-electron chi connectivity index (χ2n) is 5.31. The first-order chi connectivity index (χ1) is 13.2. The lowest BCUT2D eigenvalue weighted by Crippen LogP contribution is -2.17. The summed E-state index contributed by atoms with van der Waals surface area (Å²) in [7, 11) is 0. The number of hydrogen-bond donors (Lipinski definition) is 1. The number of nitrogens with one attached hydrogen (secondary N) is 1. The topological polar surface area (TPSA) is 125 Å². The Morgan fingerprint density at radius 3 is 2.39 bits per heavy atom. The lowest BCUT2D eigenvalue weighted by atomic mass is 10.2. The third kappa shape index (κ3) is 4.35. The van der Waals surface area contributed by atoms with Crippen molar-refractivity contribution in [2.45, 2.75) is 0 Å². The number of nitro benzene ring substituents is 2. The zero-order valence-corrected chi connectivity index (χ0v) is 16.8. The first-order valence-corrected chi connectivity index (χ1v) is 9.41. The van der Waals surface area contributed by atoms with Crippen LogP contribution in [0.2, 0.25) is 0 Å². The lowest BCUT2D eigenvalue weighted by molar-refractivity contribution is -0.394. The number of nitrogens with zero attached hydrogens (tertiary/aromatic N) is 2. The van der Waals surface area contributed by atoms with Gasteiger partial charge >= 0.3 is 5.69 Å². The SMILES string of the molecule is O=C1NC(=S)S/C1=C\c1ccc(Oc2ccc([N+](=O)[O-])cc2[N+](=O)[O-])c(Br)c1. The third-order valence-corrected chi connectivity index (χ3v) is 5.25. The van der Waals surface area contributed by atoms with Crippen LogP contribution in [0.4, 0.5) is 11.4 Å². The van der Waals surface area contributed by atoms with Crippen LogP contribution >= 0.6 is 39.9 Å². The molecule has 2 aromatic carbocycles. The van der Waals surface area contributed by atoms with Crippen molar-refractivity contribution in [3.8, 4) is 11.5 Å². The smallest absolute Gasteiger partial charge is 0.318 e. The van der Waals surface area contributed by atoms with Crippen LogP contribution in [-0.2, 0) is 4.79 Å². The first kappa shape index (κ1) is 19.9. The average molecular weight is 482 g/mol. The van der Waals surface area contributed by atoms with Gasteiger partial charge in [-0.2, -0.15) is 0 Å². The molecule has 3 rings (SSSR count). The fraction of sp³-hybridized carbons (Fsp3) is 0. The second kappa shape index (κ2) is 8.04. The predicted octanol–water partition coefficient (Wildman–Crippen LogP) is 4.55. The summed E-state index contributed by atoms with van der Waals surface area (Å²) in [6.45, 7) is 0. The molecule has 0 saturated carbocycles. The van der Waals surface area contributed by atoms with Crippen molar-refractivity contribution in [3.63, 3.8) is 0 Å². The Hall–Kier alpha value is -2.83. The Morgan fingerprint density at radius 1 is 1.11 bits per heavy atom. The number of thioether (sulfide) groups is 1. The number of thiocarbonyl (C=S) groups is 1. The van der Waals surface area contributed by atoms with Crippen LogP contribution in [0.15, 0.2) is 45.8 Å². The van der Waals surface area contributed by atoms with Crippen molar-refractivity contribution in [3.05, 3.63) is 71.6 Å². The molecule has 2 aromatic rings. The number of rotatable bonds is 5. The van der Waals surface area contributed by atoms with Crippen molar-refractivity contribution in [2.24, 2.45) is 0 Å². The number of benzene rings is 2. The number of nitro groups is 2. The standard InChI is InChI=1S/C16H8BrN3O6S2/c17-10-5-8(6-14-15(21)18-16(27)28-14)1-3-12(10)26-13-4-2-9(19(22)23)7-11(13)20(24)25/h1-7H,(H,18,21,27)/b14-6-. The molecule has 1 fully saturated rings. The fourth-order valence-electron chi connectivity index (χ4n) is 2.23. The summed E-state index contributed by atoms with van der Waals surface area (Å²) in [5, 5.41) is 24.5. The van der Waals surface area contributed by atoms with Gasteiger partial charge in [-0.15, -0.1) is 0 Å². The van der Waals surface area contributed by atoms with E-state index in [-0.39, 0.29) is 17.4 Å². The van der Waals surface area contributed by atoms with Gasteiger partial charge in [-0.3, -0.25) is 25.0 Å². The van der Waals surface area contributed by atoms with Crippen molar-refractivity contribution < 1.29 is 19.4 Å². The van der Waals surface area contributed by atoms with E-state index in [1.54, 1.807) is 24.3 Å². The van der Waals surface area contributed by atoms with Gasteiger partial charge < -0.3 is 10.1 Å². The summed E-state index contributed by atoms with van der Waals surface area (Å²) >= 11 is 9.39. The van der Waals surface area contributed by atoms with Crippen LogP contribution in [0, 0.1) is 20.2 Å². The van der Waals surface area contributed by atoms with Gasteiger partial charge in [-0.1, -0.05) is 30.0 Å². The number of non-ortho nitro benzene ring substituents is 1. The maximum absolute atomic E-state index is 11.7. The van der Waals surface area contributed by atoms with E-state index < -0.39 is 21.2 Å². The molecule has 0 atom stereocenters. The van der Waals surface area contributed by atoms with Crippen molar-refractivity contribution in [2.75, 3.05) is 0 Å². The quantitative estimate of drug-likeness (QED) is 0.285. The minimum absolute atomic E-state index is 0.140. The van der Waals surface area contributed by atoms with Gasteiger partial charge in [0.1, 0.15) is 10.1 Å². The molecule has 0 aromatic heterocycles. The minimum atomic E-state index is -0.756. The molecule has 0 aliphatic carbocycles. The molecule has 9 nitrogen and oxygen atoms in total. The minimum Gasteiger partial charge on any atom is -0.449 e. The lowest BCUT2D eigenvalue weighted by Gasteiger charge is -2.09. The zero-order valence-electron chi connectivity index (χ0n) is 13.6. The second-order valence-corrected chi connectivity index (χ2v) is 7.88. The number of carbonyl (C=O) groups is 1. The van der Waals surface area contributed by atoms with E-state index in [9.17, 15) is 25.0 Å². The molecule has 0 unspecified atom stereocenters. The maximum atomic E-state index is 11.7. The summed E-state index contributed by atoms with van der Waals surface area (Å²) in [4.78, 5) is 32.7. The molecule has 1 amide bonds. The number of hydrogen-bond acceptors (Lipinski definition) is 8.